The maximum absolute atomic E-state index is 12.2. The number of fused-ring (bicyclic) bond motifs is 3. The van der Waals surface area contributed by atoms with E-state index in [0.717, 1.165) is 44.9 Å². The zero-order valence-corrected chi connectivity index (χ0v) is 17.8. The van der Waals surface area contributed by atoms with E-state index >= 15 is 0 Å². The van der Waals surface area contributed by atoms with Crippen molar-refractivity contribution in [2.24, 2.45) is 45.8 Å². The summed E-state index contributed by atoms with van der Waals surface area (Å²) in [6.07, 6.45) is 7.22. The molecule has 27 heavy (non-hydrogen) atoms. The first-order valence-corrected chi connectivity index (χ1v) is 10.9. The molecule has 0 aromatic rings. The Morgan fingerprint density at radius 2 is 1.59 bits per heavy atom. The maximum Gasteiger partial charge on any atom is 0.309 e. The zero-order valence-electron chi connectivity index (χ0n) is 17.8. The Morgan fingerprint density at radius 1 is 0.963 bits per heavy atom. The van der Waals surface area contributed by atoms with E-state index in [0.29, 0.717) is 23.7 Å². The Bertz CT molecular complexity index is 613. The van der Waals surface area contributed by atoms with Crippen LogP contribution >= 0.6 is 0 Å². The van der Waals surface area contributed by atoms with E-state index in [4.69, 9.17) is 0 Å². The quantitative estimate of drug-likeness (QED) is 0.681. The summed E-state index contributed by atoms with van der Waals surface area (Å²) in [7, 11) is 0. The Hall–Kier alpha value is -1.06. The normalized spacial score (nSPS) is 47.2. The summed E-state index contributed by atoms with van der Waals surface area (Å²) in [6, 6.07) is 0. The highest BCUT2D eigenvalue weighted by molar-refractivity contribution is 5.75. The first-order chi connectivity index (χ1) is 12.5. The number of carboxylic acid groups (broad SMARTS) is 2. The highest BCUT2D eigenvalue weighted by Gasteiger charge is 2.63. The Labute approximate surface area is 164 Å². The van der Waals surface area contributed by atoms with Crippen LogP contribution in [0.4, 0.5) is 0 Å². The zero-order chi connectivity index (χ0) is 20.2. The van der Waals surface area contributed by atoms with Gasteiger partial charge in [0.05, 0.1) is 11.8 Å². The van der Waals surface area contributed by atoms with Crippen LogP contribution in [0, 0.1) is 45.8 Å². The molecular weight excluding hydrogens is 340 g/mol. The number of carboxylic acids is 2. The van der Waals surface area contributed by atoms with Crippen LogP contribution in [0.25, 0.3) is 0 Å². The number of carbonyl (C=O) groups is 2. The van der Waals surface area contributed by atoms with E-state index in [2.05, 4.69) is 27.7 Å². The molecule has 3 fully saturated rings. The molecule has 0 heterocycles. The highest BCUT2D eigenvalue weighted by Crippen LogP contribution is 2.68. The molecule has 4 nitrogen and oxygen atoms in total. The molecule has 0 aromatic carbocycles. The van der Waals surface area contributed by atoms with Crippen LogP contribution < -0.4 is 0 Å². The van der Waals surface area contributed by atoms with E-state index in [1.54, 1.807) is 0 Å². The monoisotopic (exact) mass is 378 g/mol. The van der Waals surface area contributed by atoms with Crippen LogP contribution in [-0.4, -0.2) is 22.2 Å². The molecule has 3 aliphatic carbocycles. The first kappa shape index (κ1) is 20.7. The van der Waals surface area contributed by atoms with Gasteiger partial charge in [-0.25, -0.2) is 0 Å². The van der Waals surface area contributed by atoms with E-state index in [1.807, 2.05) is 6.92 Å². The largest absolute Gasteiger partial charge is 0.481 e. The van der Waals surface area contributed by atoms with Crippen molar-refractivity contribution in [3.63, 3.8) is 0 Å². The number of aliphatic carboxylic acids is 2. The minimum atomic E-state index is -0.685. The highest BCUT2D eigenvalue weighted by atomic mass is 16.4. The topological polar surface area (TPSA) is 74.6 Å². The molecular formula is C23H38O4. The third-order valence-electron chi connectivity index (χ3n) is 9.38. The molecule has 0 spiro atoms. The molecule has 0 amide bonds. The summed E-state index contributed by atoms with van der Waals surface area (Å²) in [5.74, 6) is 0.654. The van der Waals surface area contributed by atoms with E-state index < -0.39 is 17.4 Å². The van der Waals surface area contributed by atoms with E-state index in [-0.39, 0.29) is 23.2 Å². The minimum absolute atomic E-state index is 0.0238. The number of rotatable bonds is 4. The molecule has 7 unspecified atom stereocenters. The summed E-state index contributed by atoms with van der Waals surface area (Å²) >= 11 is 0. The predicted octanol–water partition coefficient (Wildman–Crippen LogP) is 5.46. The van der Waals surface area contributed by atoms with Gasteiger partial charge in [0.2, 0.25) is 0 Å². The summed E-state index contributed by atoms with van der Waals surface area (Å²) in [5, 5.41) is 19.7. The van der Waals surface area contributed by atoms with E-state index in [9.17, 15) is 19.8 Å². The van der Waals surface area contributed by atoms with Crippen molar-refractivity contribution in [2.45, 2.75) is 86.0 Å². The first-order valence-electron chi connectivity index (χ1n) is 10.9. The standard InChI is InChI=1S/C23H38O4/c1-14(2)15-7-8-16-17(23(15,5)13-19(24)25)9-10-18-21(16,3)11-6-12-22(18,4)20(26)27/h14-18H,6-13H2,1-5H3,(H,24,25)(H,26,27). The van der Waals surface area contributed by atoms with Crippen molar-refractivity contribution in [1.82, 2.24) is 0 Å². The number of hydrogen-bond donors (Lipinski definition) is 2. The van der Waals surface area contributed by atoms with Crippen molar-refractivity contribution in [2.75, 3.05) is 0 Å². The van der Waals surface area contributed by atoms with Crippen molar-refractivity contribution in [3.8, 4) is 0 Å². The average Bonchev–Trinajstić information content (AvgIpc) is 2.53. The van der Waals surface area contributed by atoms with Gasteiger partial charge < -0.3 is 10.2 Å². The summed E-state index contributed by atoms with van der Waals surface area (Å²) in [5.41, 5.74) is -0.792. The second-order valence-electron chi connectivity index (χ2n) is 10.9. The molecule has 3 saturated carbocycles. The molecule has 4 heteroatoms. The van der Waals surface area contributed by atoms with Gasteiger partial charge in [-0.05, 0) is 85.9 Å². The van der Waals surface area contributed by atoms with E-state index in [1.165, 1.54) is 0 Å². The van der Waals surface area contributed by atoms with Gasteiger partial charge in [0.25, 0.3) is 0 Å². The lowest BCUT2D eigenvalue weighted by Crippen LogP contribution is -2.60. The molecule has 2 N–H and O–H groups in total. The molecule has 0 saturated heterocycles. The second kappa shape index (κ2) is 6.77. The molecule has 154 valence electrons. The van der Waals surface area contributed by atoms with Crippen LogP contribution in [0.15, 0.2) is 0 Å². The summed E-state index contributed by atoms with van der Waals surface area (Å²) < 4.78 is 0. The van der Waals surface area contributed by atoms with Gasteiger partial charge in [-0.1, -0.05) is 34.1 Å². The van der Waals surface area contributed by atoms with Crippen LogP contribution in [0.5, 0.6) is 0 Å². The van der Waals surface area contributed by atoms with Gasteiger partial charge in [-0.3, -0.25) is 9.59 Å². The third-order valence-corrected chi connectivity index (χ3v) is 9.38. The van der Waals surface area contributed by atoms with Crippen molar-refractivity contribution < 1.29 is 19.8 Å². The van der Waals surface area contributed by atoms with Crippen LogP contribution in [-0.2, 0) is 9.59 Å². The van der Waals surface area contributed by atoms with Crippen LogP contribution in [0.2, 0.25) is 0 Å². The fourth-order valence-corrected chi connectivity index (χ4v) is 8.23. The van der Waals surface area contributed by atoms with Gasteiger partial charge in [0, 0.05) is 0 Å². The van der Waals surface area contributed by atoms with Gasteiger partial charge >= 0.3 is 11.9 Å². The predicted molar refractivity (Wildman–Crippen MR) is 105 cm³/mol. The fourth-order valence-electron chi connectivity index (χ4n) is 8.23. The van der Waals surface area contributed by atoms with Gasteiger partial charge in [-0.2, -0.15) is 0 Å². The fraction of sp³-hybridized carbons (Fsp3) is 0.913. The molecule has 0 bridgehead atoms. The lowest BCUT2D eigenvalue weighted by atomic mass is 9.39. The Balaban J connectivity index is 2.00. The molecule has 0 radical (unpaired) electrons. The van der Waals surface area contributed by atoms with Crippen molar-refractivity contribution in [1.29, 1.82) is 0 Å². The average molecular weight is 379 g/mol. The second-order valence-corrected chi connectivity index (χ2v) is 10.9. The van der Waals surface area contributed by atoms with Crippen molar-refractivity contribution in [3.05, 3.63) is 0 Å². The number of hydrogen-bond acceptors (Lipinski definition) is 2. The molecule has 0 aromatic heterocycles. The maximum atomic E-state index is 12.2. The lowest BCUT2D eigenvalue weighted by Gasteiger charge is -2.65. The Kier molecular flexibility index (Phi) is 5.18. The van der Waals surface area contributed by atoms with Gasteiger partial charge in [0.1, 0.15) is 0 Å². The van der Waals surface area contributed by atoms with Crippen LogP contribution in [0.3, 0.4) is 0 Å². The SMILES string of the molecule is CC(C)C1CCC2C(CCC3C(C)(C(=O)O)CCCC23C)C1(C)CC(=O)O. The molecule has 3 aliphatic rings. The molecule has 7 atom stereocenters. The molecule has 3 rings (SSSR count). The summed E-state index contributed by atoms with van der Waals surface area (Å²) in [4.78, 5) is 24.0. The third kappa shape index (κ3) is 3.02. The van der Waals surface area contributed by atoms with Crippen molar-refractivity contribution >= 4 is 11.9 Å². The van der Waals surface area contributed by atoms with Gasteiger partial charge in [-0.15, -0.1) is 0 Å². The van der Waals surface area contributed by atoms with Crippen LogP contribution in [0.1, 0.15) is 86.0 Å². The lowest BCUT2D eigenvalue weighted by molar-refractivity contribution is -0.188. The van der Waals surface area contributed by atoms with Gasteiger partial charge in [0.15, 0.2) is 0 Å². The smallest absolute Gasteiger partial charge is 0.309 e. The minimum Gasteiger partial charge on any atom is -0.481 e. The Morgan fingerprint density at radius 3 is 2.15 bits per heavy atom. The summed E-state index contributed by atoms with van der Waals surface area (Å²) in [6.45, 7) is 11.0. The molecule has 0 aliphatic heterocycles.